The molecule has 7 nitrogen and oxygen atoms in total. The Morgan fingerprint density at radius 3 is 2.13 bits per heavy atom. The Morgan fingerprint density at radius 2 is 1.56 bits per heavy atom. The number of carbonyl (C=O) groups excluding carboxylic acids is 2. The number of benzene rings is 3. The zero-order chi connectivity index (χ0) is 29.0. The van der Waals surface area contributed by atoms with E-state index in [1.807, 2.05) is 52.0 Å². The Hall–Kier alpha value is -3.07. The van der Waals surface area contributed by atoms with Gasteiger partial charge in [-0.1, -0.05) is 71.2 Å². The number of amides is 2. The second-order valence-corrected chi connectivity index (χ2v) is 13.0. The van der Waals surface area contributed by atoms with Crippen LogP contribution < -0.4 is 9.62 Å². The summed E-state index contributed by atoms with van der Waals surface area (Å²) in [5.74, 6) is -0.928. The number of rotatable bonds is 9. The lowest BCUT2D eigenvalue weighted by atomic mass is 10.1. The summed E-state index contributed by atoms with van der Waals surface area (Å²) in [5.41, 5.74) is 1.42. The quantitative estimate of drug-likeness (QED) is 0.340. The second kappa shape index (κ2) is 12.4. The molecule has 0 fully saturated rings. The highest BCUT2D eigenvalue weighted by atomic mass is 35.5. The summed E-state index contributed by atoms with van der Waals surface area (Å²) in [6.07, 6.45) is 0. The molecule has 0 spiro atoms. The topological polar surface area (TPSA) is 86.8 Å². The summed E-state index contributed by atoms with van der Waals surface area (Å²) >= 11 is 12.5. The van der Waals surface area contributed by atoms with Gasteiger partial charge in [0.15, 0.2) is 0 Å². The van der Waals surface area contributed by atoms with Gasteiger partial charge in [0.1, 0.15) is 12.6 Å². The van der Waals surface area contributed by atoms with Gasteiger partial charge in [0.05, 0.1) is 15.6 Å². The summed E-state index contributed by atoms with van der Waals surface area (Å²) < 4.78 is 28.6. The number of aryl methyl sites for hydroxylation is 1. The molecule has 2 amide bonds. The minimum atomic E-state index is -4.21. The van der Waals surface area contributed by atoms with E-state index in [-0.39, 0.29) is 28.1 Å². The van der Waals surface area contributed by atoms with Crippen molar-refractivity contribution in [1.29, 1.82) is 0 Å². The minimum absolute atomic E-state index is 0.00701. The van der Waals surface area contributed by atoms with Crippen LogP contribution in [0.4, 0.5) is 5.69 Å². The predicted molar refractivity (Wildman–Crippen MR) is 157 cm³/mol. The molecular weight excluding hydrogens is 557 g/mol. The Labute approximate surface area is 240 Å². The second-order valence-electron chi connectivity index (χ2n) is 10.3. The van der Waals surface area contributed by atoms with Crippen molar-refractivity contribution in [3.05, 3.63) is 94.0 Å². The average Bonchev–Trinajstić information content (AvgIpc) is 2.86. The summed E-state index contributed by atoms with van der Waals surface area (Å²) in [6, 6.07) is 18.8. The van der Waals surface area contributed by atoms with Crippen molar-refractivity contribution in [2.45, 2.75) is 57.6 Å². The van der Waals surface area contributed by atoms with Crippen molar-refractivity contribution in [3.8, 4) is 0 Å². The van der Waals surface area contributed by atoms with E-state index in [0.29, 0.717) is 5.02 Å². The van der Waals surface area contributed by atoms with E-state index < -0.39 is 34.1 Å². The third kappa shape index (κ3) is 7.97. The molecule has 0 aliphatic carbocycles. The lowest BCUT2D eigenvalue weighted by Crippen LogP contribution is -2.54. The Morgan fingerprint density at radius 1 is 0.949 bits per heavy atom. The van der Waals surface area contributed by atoms with Crippen LogP contribution in [0.1, 0.15) is 38.8 Å². The van der Waals surface area contributed by atoms with Crippen LogP contribution in [0.5, 0.6) is 0 Å². The van der Waals surface area contributed by atoms with Gasteiger partial charge in [0.25, 0.3) is 10.0 Å². The first-order valence-corrected chi connectivity index (χ1v) is 14.6. The highest BCUT2D eigenvalue weighted by Crippen LogP contribution is 2.33. The van der Waals surface area contributed by atoms with Gasteiger partial charge in [-0.15, -0.1) is 0 Å². The fraction of sp³-hybridized carbons (Fsp3) is 0.310. The number of hydrogen-bond acceptors (Lipinski definition) is 4. The van der Waals surface area contributed by atoms with Gasteiger partial charge in [0.2, 0.25) is 11.8 Å². The van der Waals surface area contributed by atoms with Gasteiger partial charge < -0.3 is 10.2 Å². The fourth-order valence-electron chi connectivity index (χ4n) is 3.86. The van der Waals surface area contributed by atoms with Crippen molar-refractivity contribution < 1.29 is 18.0 Å². The first-order chi connectivity index (χ1) is 18.2. The number of nitrogens with zero attached hydrogens (tertiary/aromatic N) is 2. The number of hydrogen-bond donors (Lipinski definition) is 1. The maximum Gasteiger partial charge on any atom is 0.264 e. The van der Waals surface area contributed by atoms with E-state index in [1.165, 1.54) is 35.2 Å². The molecule has 0 bridgehead atoms. The lowest BCUT2D eigenvalue weighted by Gasteiger charge is -2.33. The maximum absolute atomic E-state index is 13.9. The van der Waals surface area contributed by atoms with E-state index in [2.05, 4.69) is 5.32 Å². The molecule has 0 aliphatic rings. The Bertz CT molecular complexity index is 1420. The molecule has 0 radical (unpaired) electrons. The van der Waals surface area contributed by atoms with Crippen molar-refractivity contribution in [1.82, 2.24) is 10.2 Å². The van der Waals surface area contributed by atoms with Gasteiger partial charge in [0, 0.05) is 17.1 Å². The Kier molecular flexibility index (Phi) is 9.69. The normalized spacial score (nSPS) is 12.5. The summed E-state index contributed by atoms with van der Waals surface area (Å²) in [7, 11) is -4.21. The van der Waals surface area contributed by atoms with Crippen molar-refractivity contribution in [2.24, 2.45) is 0 Å². The zero-order valence-corrected chi connectivity index (χ0v) is 24.9. The molecule has 0 heterocycles. The molecule has 39 heavy (non-hydrogen) atoms. The van der Waals surface area contributed by atoms with E-state index in [1.54, 1.807) is 25.1 Å². The number of anilines is 1. The van der Waals surface area contributed by atoms with Crippen molar-refractivity contribution in [3.63, 3.8) is 0 Å². The monoisotopic (exact) mass is 589 g/mol. The van der Waals surface area contributed by atoms with Crippen LogP contribution in [0.2, 0.25) is 10.0 Å². The molecule has 208 valence electrons. The SMILES string of the molecule is Cc1ccc(CN(C(=O)CN(c2ccc(Cl)cc2Cl)S(=O)(=O)c2ccccc2)[C@H](C)C(=O)NC(C)(C)C)cc1. The smallest absolute Gasteiger partial charge is 0.264 e. The van der Waals surface area contributed by atoms with Gasteiger partial charge in [-0.25, -0.2) is 8.42 Å². The molecule has 1 N–H and O–H groups in total. The molecule has 0 aliphatic heterocycles. The van der Waals surface area contributed by atoms with Gasteiger partial charge in [-0.2, -0.15) is 0 Å². The maximum atomic E-state index is 13.9. The van der Waals surface area contributed by atoms with E-state index >= 15 is 0 Å². The lowest BCUT2D eigenvalue weighted by molar-refractivity contribution is -0.140. The van der Waals surface area contributed by atoms with Crippen LogP contribution in [-0.2, 0) is 26.2 Å². The van der Waals surface area contributed by atoms with Gasteiger partial charge in [-0.3, -0.25) is 13.9 Å². The number of nitrogens with one attached hydrogen (secondary N) is 1. The van der Waals surface area contributed by atoms with Crippen LogP contribution >= 0.6 is 23.2 Å². The summed E-state index contributed by atoms with van der Waals surface area (Å²) in [4.78, 5) is 28.4. The largest absolute Gasteiger partial charge is 0.350 e. The zero-order valence-electron chi connectivity index (χ0n) is 22.6. The van der Waals surface area contributed by atoms with Crippen LogP contribution in [0.25, 0.3) is 0 Å². The van der Waals surface area contributed by atoms with Crippen LogP contribution in [0.3, 0.4) is 0 Å². The van der Waals surface area contributed by atoms with Crippen molar-refractivity contribution in [2.75, 3.05) is 10.8 Å². The molecular formula is C29H33Cl2N3O4S. The third-order valence-electron chi connectivity index (χ3n) is 5.93. The summed E-state index contributed by atoms with van der Waals surface area (Å²) in [5, 5.41) is 3.29. The molecule has 10 heteroatoms. The molecule has 0 saturated carbocycles. The molecule has 0 saturated heterocycles. The van der Waals surface area contributed by atoms with Crippen LogP contribution in [0.15, 0.2) is 77.7 Å². The Balaban J connectivity index is 2.05. The molecule has 3 rings (SSSR count). The minimum Gasteiger partial charge on any atom is -0.350 e. The molecule has 0 aromatic heterocycles. The van der Waals surface area contributed by atoms with E-state index in [9.17, 15) is 18.0 Å². The predicted octanol–water partition coefficient (Wildman–Crippen LogP) is 5.83. The number of carbonyl (C=O) groups is 2. The third-order valence-corrected chi connectivity index (χ3v) is 8.24. The average molecular weight is 591 g/mol. The van der Waals surface area contributed by atoms with E-state index in [4.69, 9.17) is 23.2 Å². The van der Waals surface area contributed by atoms with Gasteiger partial charge >= 0.3 is 0 Å². The number of sulfonamides is 1. The standard InChI is InChI=1S/C29H33Cl2N3O4S/c1-20-11-13-22(14-12-20)18-33(21(2)28(36)32-29(3,4)5)27(35)19-34(26-16-15-23(30)17-25(26)31)39(37,38)24-9-7-6-8-10-24/h6-17,21H,18-19H2,1-5H3,(H,32,36)/t21-/m1/s1. The molecule has 1 atom stereocenters. The molecule has 0 unspecified atom stereocenters. The molecule has 3 aromatic rings. The number of halogens is 2. The van der Waals surface area contributed by atoms with Crippen LogP contribution in [0, 0.1) is 6.92 Å². The first-order valence-electron chi connectivity index (χ1n) is 12.4. The van der Waals surface area contributed by atoms with Crippen molar-refractivity contribution >= 4 is 50.7 Å². The van der Waals surface area contributed by atoms with Gasteiger partial charge in [-0.05, 0) is 70.5 Å². The first kappa shape index (κ1) is 30.5. The fourth-order valence-corrected chi connectivity index (χ4v) is 5.88. The highest BCUT2D eigenvalue weighted by molar-refractivity contribution is 7.92. The van der Waals surface area contributed by atoms with Crippen LogP contribution in [-0.4, -0.2) is 43.3 Å². The summed E-state index contributed by atoms with van der Waals surface area (Å²) in [6.45, 7) is 8.64. The van der Waals surface area contributed by atoms with E-state index in [0.717, 1.165) is 15.4 Å². The molecule has 3 aromatic carbocycles. The highest BCUT2D eigenvalue weighted by Gasteiger charge is 2.34.